The Labute approximate surface area is 78.1 Å². The number of thioether (sulfide) groups is 1. The highest BCUT2D eigenvalue weighted by Crippen LogP contribution is 2.30. The highest BCUT2D eigenvalue weighted by atomic mass is 79.9. The molecule has 0 aliphatic heterocycles. The summed E-state index contributed by atoms with van der Waals surface area (Å²) in [7, 11) is 0. The van der Waals surface area contributed by atoms with Gasteiger partial charge in [0.2, 0.25) is 0 Å². The lowest BCUT2D eigenvalue weighted by molar-refractivity contribution is 0.0768. The van der Waals surface area contributed by atoms with Crippen LogP contribution in [0.5, 0.6) is 0 Å². The van der Waals surface area contributed by atoms with Crippen LogP contribution in [-0.2, 0) is 0 Å². The third-order valence-corrected chi connectivity index (χ3v) is 3.34. The predicted molar refractivity (Wildman–Crippen MR) is 50.6 cm³/mol. The number of rotatable bonds is 1. The van der Waals surface area contributed by atoms with E-state index < -0.39 is 12.2 Å². The van der Waals surface area contributed by atoms with Crippen molar-refractivity contribution in [1.82, 2.24) is 0 Å². The zero-order valence-corrected chi connectivity index (χ0v) is 8.39. The van der Waals surface area contributed by atoms with Gasteiger partial charge in [0, 0.05) is 9.39 Å². The first-order valence-electron chi connectivity index (χ1n) is 3.15. The van der Waals surface area contributed by atoms with Crippen LogP contribution in [-0.4, -0.2) is 28.7 Å². The summed E-state index contributed by atoms with van der Waals surface area (Å²) < 4.78 is 0.850. The minimum Gasteiger partial charge on any atom is -0.386 e. The molecule has 4 heteroatoms. The van der Waals surface area contributed by atoms with Gasteiger partial charge in [-0.2, -0.15) is 0 Å². The van der Waals surface area contributed by atoms with Crippen molar-refractivity contribution in [3.05, 3.63) is 21.5 Å². The van der Waals surface area contributed by atoms with Crippen LogP contribution in [0.15, 0.2) is 21.5 Å². The van der Waals surface area contributed by atoms with Gasteiger partial charge in [0.25, 0.3) is 0 Å². The molecule has 0 bridgehead atoms. The number of aliphatic hydroxyl groups excluding tert-OH is 2. The molecule has 1 aliphatic rings. The van der Waals surface area contributed by atoms with E-state index >= 15 is 0 Å². The Bertz CT molecular complexity index is 212. The van der Waals surface area contributed by atoms with E-state index in [0.29, 0.717) is 0 Å². The molecule has 0 saturated heterocycles. The molecule has 0 fully saturated rings. The van der Waals surface area contributed by atoms with Crippen LogP contribution in [0.2, 0.25) is 0 Å². The summed E-state index contributed by atoms with van der Waals surface area (Å²) in [5.41, 5.74) is 0. The second kappa shape index (κ2) is 3.76. The molecule has 0 radical (unpaired) electrons. The zero-order valence-electron chi connectivity index (χ0n) is 5.99. The fourth-order valence-corrected chi connectivity index (χ4v) is 2.40. The first kappa shape index (κ1) is 9.32. The van der Waals surface area contributed by atoms with E-state index in [4.69, 9.17) is 0 Å². The van der Waals surface area contributed by atoms with Crippen molar-refractivity contribution < 1.29 is 10.2 Å². The van der Waals surface area contributed by atoms with E-state index in [1.807, 2.05) is 6.26 Å². The third kappa shape index (κ3) is 1.87. The molecule has 62 valence electrons. The van der Waals surface area contributed by atoms with Gasteiger partial charge >= 0.3 is 0 Å². The van der Waals surface area contributed by atoms with Crippen molar-refractivity contribution in [2.75, 3.05) is 6.26 Å². The smallest absolute Gasteiger partial charge is 0.115 e. The maximum Gasteiger partial charge on any atom is 0.115 e. The average Bonchev–Trinajstić information content (AvgIpc) is 1.99. The van der Waals surface area contributed by atoms with Gasteiger partial charge < -0.3 is 10.2 Å². The Morgan fingerprint density at radius 2 is 2.18 bits per heavy atom. The second-order valence-corrected chi connectivity index (χ2v) is 3.91. The van der Waals surface area contributed by atoms with Crippen LogP contribution in [0.1, 0.15) is 0 Å². The number of hydrogen-bond acceptors (Lipinski definition) is 3. The van der Waals surface area contributed by atoms with Crippen molar-refractivity contribution in [3.63, 3.8) is 0 Å². The van der Waals surface area contributed by atoms with Gasteiger partial charge in [-0.25, -0.2) is 0 Å². The van der Waals surface area contributed by atoms with E-state index in [1.165, 1.54) is 11.8 Å². The Balaban J connectivity index is 2.89. The summed E-state index contributed by atoms with van der Waals surface area (Å²) in [6, 6.07) is 0. The largest absolute Gasteiger partial charge is 0.386 e. The highest BCUT2D eigenvalue weighted by Gasteiger charge is 2.23. The number of hydrogen-bond donors (Lipinski definition) is 2. The van der Waals surface area contributed by atoms with Gasteiger partial charge in [-0.3, -0.25) is 0 Å². The summed E-state index contributed by atoms with van der Waals surface area (Å²) in [5, 5.41) is 18.6. The van der Waals surface area contributed by atoms with Crippen LogP contribution in [0, 0.1) is 0 Å². The zero-order chi connectivity index (χ0) is 8.43. The molecule has 0 saturated carbocycles. The van der Waals surface area contributed by atoms with Gasteiger partial charge in [-0.05, 0) is 28.3 Å². The standard InChI is InChI=1S/C7H9BrO2S/c1-11-7-4(8)2-3-5(9)6(7)10/h2-3,5-6,9-10H,1H3/t5-,6-/m0/s1. The summed E-state index contributed by atoms with van der Waals surface area (Å²) >= 11 is 4.72. The molecule has 2 nitrogen and oxygen atoms in total. The fourth-order valence-electron chi connectivity index (χ4n) is 0.885. The summed E-state index contributed by atoms with van der Waals surface area (Å²) in [5.74, 6) is 0. The lowest BCUT2D eigenvalue weighted by Gasteiger charge is -2.21. The Kier molecular flexibility index (Phi) is 3.18. The Hall–Kier alpha value is 0.230. The third-order valence-electron chi connectivity index (χ3n) is 1.49. The topological polar surface area (TPSA) is 40.5 Å². The SMILES string of the molecule is CSC1=C(Br)C=C[C@H](O)[C@@H]1O. The minimum absolute atomic E-state index is 0.765. The number of halogens is 1. The quantitative estimate of drug-likeness (QED) is 0.721. The van der Waals surface area contributed by atoms with Gasteiger partial charge in [0.15, 0.2) is 0 Å². The van der Waals surface area contributed by atoms with E-state index in [0.717, 1.165) is 9.39 Å². The van der Waals surface area contributed by atoms with Crippen LogP contribution in [0.4, 0.5) is 0 Å². The minimum atomic E-state index is -0.774. The van der Waals surface area contributed by atoms with Crippen LogP contribution < -0.4 is 0 Å². The molecular weight excluding hydrogens is 228 g/mol. The number of allylic oxidation sites excluding steroid dienone is 2. The van der Waals surface area contributed by atoms with Crippen molar-refractivity contribution in [3.8, 4) is 0 Å². The number of aliphatic hydroxyl groups is 2. The van der Waals surface area contributed by atoms with Crippen molar-refractivity contribution in [1.29, 1.82) is 0 Å². The molecule has 0 aromatic carbocycles. The van der Waals surface area contributed by atoms with Gasteiger partial charge in [-0.1, -0.05) is 6.08 Å². The fraction of sp³-hybridized carbons (Fsp3) is 0.429. The van der Waals surface area contributed by atoms with E-state index in [1.54, 1.807) is 12.2 Å². The van der Waals surface area contributed by atoms with Crippen LogP contribution >= 0.6 is 27.7 Å². The summed E-state index contributed by atoms with van der Waals surface area (Å²) in [6.45, 7) is 0. The first-order chi connectivity index (χ1) is 5.16. The van der Waals surface area contributed by atoms with Crippen molar-refractivity contribution >= 4 is 27.7 Å². The maximum absolute atomic E-state index is 9.40. The van der Waals surface area contributed by atoms with Crippen LogP contribution in [0.25, 0.3) is 0 Å². The second-order valence-electron chi connectivity index (χ2n) is 2.21. The van der Waals surface area contributed by atoms with E-state index in [9.17, 15) is 10.2 Å². The van der Waals surface area contributed by atoms with Crippen molar-refractivity contribution in [2.45, 2.75) is 12.2 Å². The molecule has 0 unspecified atom stereocenters. The molecule has 0 amide bonds. The van der Waals surface area contributed by atoms with Gasteiger partial charge in [0.05, 0.1) is 0 Å². The molecule has 2 atom stereocenters. The summed E-state index contributed by atoms with van der Waals surface area (Å²) in [6.07, 6.45) is 3.65. The molecule has 1 aliphatic carbocycles. The molecule has 11 heavy (non-hydrogen) atoms. The maximum atomic E-state index is 9.40. The van der Waals surface area contributed by atoms with E-state index in [2.05, 4.69) is 15.9 Å². The average molecular weight is 237 g/mol. The molecule has 0 aromatic rings. The monoisotopic (exact) mass is 236 g/mol. The molecule has 0 aromatic heterocycles. The van der Waals surface area contributed by atoms with Gasteiger partial charge in [-0.15, -0.1) is 11.8 Å². The highest BCUT2D eigenvalue weighted by molar-refractivity contribution is 9.12. The van der Waals surface area contributed by atoms with Gasteiger partial charge in [0.1, 0.15) is 12.2 Å². The van der Waals surface area contributed by atoms with Crippen LogP contribution in [0.3, 0.4) is 0 Å². The molecule has 1 rings (SSSR count). The lowest BCUT2D eigenvalue weighted by Crippen LogP contribution is -2.27. The lowest BCUT2D eigenvalue weighted by atomic mass is 10.1. The molecule has 2 N–H and O–H groups in total. The molecule has 0 spiro atoms. The predicted octanol–water partition coefficient (Wildman–Crippen LogP) is 1.25. The Morgan fingerprint density at radius 3 is 2.64 bits per heavy atom. The molecular formula is C7H9BrO2S. The summed E-state index contributed by atoms with van der Waals surface area (Å²) in [4.78, 5) is 0.778. The Morgan fingerprint density at radius 1 is 1.55 bits per heavy atom. The van der Waals surface area contributed by atoms with E-state index in [-0.39, 0.29) is 0 Å². The first-order valence-corrected chi connectivity index (χ1v) is 5.16. The molecule has 0 heterocycles. The van der Waals surface area contributed by atoms with Crippen molar-refractivity contribution in [2.24, 2.45) is 0 Å². The normalized spacial score (nSPS) is 31.3.